The van der Waals surface area contributed by atoms with Gasteiger partial charge >= 0.3 is 0 Å². The number of amides is 1. The number of carbonyl (C=O) groups excluding carboxylic acids is 1. The van der Waals surface area contributed by atoms with Gasteiger partial charge in [-0.15, -0.1) is 0 Å². The number of hydrogen-bond donors (Lipinski definition) is 1. The molecule has 2 aromatic rings. The number of benzene rings is 2. The molecule has 106 valence electrons. The maximum absolute atomic E-state index is 13.3. The molecule has 0 fully saturated rings. The van der Waals surface area contributed by atoms with Crippen LogP contribution in [0.15, 0.2) is 40.9 Å². The zero-order valence-electron chi connectivity index (χ0n) is 11.0. The first-order valence-electron chi connectivity index (χ1n) is 5.90. The second-order valence-electron chi connectivity index (χ2n) is 4.07. The third-order valence-corrected chi connectivity index (χ3v) is 3.47. The quantitative estimate of drug-likeness (QED) is 0.919. The monoisotopic (exact) mass is 348 g/mol. The van der Waals surface area contributed by atoms with Crippen LogP contribution < -0.4 is 10.1 Å². The second kappa shape index (κ2) is 6.37. The predicted octanol–water partition coefficient (Wildman–Crippen LogP) is 3.72. The van der Waals surface area contributed by atoms with E-state index in [1.165, 1.54) is 19.2 Å². The highest BCUT2D eigenvalue weighted by Gasteiger charge is 2.16. The maximum atomic E-state index is 13.3. The zero-order valence-corrected chi connectivity index (χ0v) is 12.6. The molecular weight excluding hydrogens is 339 g/mol. The normalized spacial score (nSPS) is 9.81. The third kappa shape index (κ3) is 3.20. The molecule has 0 aliphatic rings. The number of nitrogens with zero attached hydrogens (tertiary/aromatic N) is 1. The molecule has 0 unspecified atom stereocenters. The van der Waals surface area contributed by atoms with Crippen LogP contribution in [0.25, 0.3) is 0 Å². The molecule has 0 saturated heterocycles. The highest BCUT2D eigenvalue weighted by atomic mass is 79.9. The van der Waals surface area contributed by atoms with E-state index in [0.29, 0.717) is 10.2 Å². The number of ether oxygens (including phenoxy) is 1. The average molecular weight is 349 g/mol. The molecule has 0 aromatic heterocycles. The fourth-order valence-corrected chi connectivity index (χ4v) is 2.20. The Morgan fingerprint density at radius 1 is 1.38 bits per heavy atom. The van der Waals surface area contributed by atoms with Gasteiger partial charge in [-0.3, -0.25) is 4.79 Å². The molecule has 0 radical (unpaired) electrons. The Morgan fingerprint density at radius 3 is 2.81 bits per heavy atom. The standard InChI is InChI=1S/C15H10BrFN2O2/c1-21-13-4-2-3-9(8-18)14(13)19-15(20)11-7-10(17)5-6-12(11)16/h2-7H,1H3,(H,19,20). The molecule has 0 spiro atoms. The van der Waals surface area contributed by atoms with Crippen molar-refractivity contribution in [1.29, 1.82) is 5.26 Å². The number of anilines is 1. The van der Waals surface area contributed by atoms with E-state index in [0.717, 1.165) is 6.07 Å². The van der Waals surface area contributed by atoms with Crippen LogP contribution in [0.5, 0.6) is 5.75 Å². The minimum atomic E-state index is -0.539. The van der Waals surface area contributed by atoms with Crippen LogP contribution in [0.3, 0.4) is 0 Å². The molecule has 0 saturated carbocycles. The molecular formula is C15H10BrFN2O2. The molecule has 1 amide bonds. The van der Waals surface area contributed by atoms with Gasteiger partial charge in [0.2, 0.25) is 0 Å². The maximum Gasteiger partial charge on any atom is 0.257 e. The Labute approximate surface area is 129 Å². The summed E-state index contributed by atoms with van der Waals surface area (Å²) in [6.07, 6.45) is 0. The SMILES string of the molecule is COc1cccc(C#N)c1NC(=O)c1cc(F)ccc1Br. The van der Waals surface area contributed by atoms with Crippen LogP contribution in [-0.4, -0.2) is 13.0 Å². The fraction of sp³-hybridized carbons (Fsp3) is 0.0667. The smallest absolute Gasteiger partial charge is 0.257 e. The summed E-state index contributed by atoms with van der Waals surface area (Å²) in [5.41, 5.74) is 0.642. The number of nitriles is 1. The summed E-state index contributed by atoms with van der Waals surface area (Å²) in [4.78, 5) is 12.3. The Balaban J connectivity index is 2.41. The second-order valence-corrected chi connectivity index (χ2v) is 4.93. The lowest BCUT2D eigenvalue weighted by Gasteiger charge is -2.12. The Bertz CT molecular complexity index is 741. The first kappa shape index (κ1) is 15.0. The predicted molar refractivity (Wildman–Crippen MR) is 79.8 cm³/mol. The first-order valence-corrected chi connectivity index (χ1v) is 6.69. The topological polar surface area (TPSA) is 62.1 Å². The lowest BCUT2D eigenvalue weighted by molar-refractivity contribution is 0.102. The summed E-state index contributed by atoms with van der Waals surface area (Å²) in [6.45, 7) is 0. The van der Waals surface area contributed by atoms with Crippen molar-refractivity contribution in [2.75, 3.05) is 12.4 Å². The highest BCUT2D eigenvalue weighted by molar-refractivity contribution is 9.10. The van der Waals surface area contributed by atoms with Crippen molar-refractivity contribution in [1.82, 2.24) is 0 Å². The van der Waals surface area contributed by atoms with Gasteiger partial charge < -0.3 is 10.1 Å². The van der Waals surface area contributed by atoms with Gasteiger partial charge in [0.1, 0.15) is 23.3 Å². The van der Waals surface area contributed by atoms with E-state index >= 15 is 0 Å². The molecule has 0 aliphatic heterocycles. The van der Waals surface area contributed by atoms with E-state index in [-0.39, 0.29) is 16.8 Å². The molecule has 21 heavy (non-hydrogen) atoms. The van der Waals surface area contributed by atoms with Crippen molar-refractivity contribution in [2.45, 2.75) is 0 Å². The number of methoxy groups -OCH3 is 1. The number of carbonyl (C=O) groups is 1. The molecule has 2 aromatic carbocycles. The summed E-state index contributed by atoms with van der Waals surface area (Å²) in [5.74, 6) is -0.707. The summed E-state index contributed by atoms with van der Waals surface area (Å²) in [7, 11) is 1.43. The van der Waals surface area contributed by atoms with Crippen LogP contribution in [0.4, 0.5) is 10.1 Å². The fourth-order valence-electron chi connectivity index (χ4n) is 1.78. The van der Waals surface area contributed by atoms with Crippen LogP contribution in [0.1, 0.15) is 15.9 Å². The lowest BCUT2D eigenvalue weighted by atomic mass is 10.1. The Morgan fingerprint density at radius 2 is 2.14 bits per heavy atom. The number of rotatable bonds is 3. The lowest BCUT2D eigenvalue weighted by Crippen LogP contribution is -2.14. The van der Waals surface area contributed by atoms with Gasteiger partial charge in [0, 0.05) is 4.47 Å². The van der Waals surface area contributed by atoms with Crippen LogP contribution in [0, 0.1) is 17.1 Å². The van der Waals surface area contributed by atoms with E-state index in [1.807, 2.05) is 6.07 Å². The van der Waals surface area contributed by atoms with Crippen molar-refractivity contribution in [3.05, 3.63) is 57.8 Å². The molecule has 0 bridgehead atoms. The van der Waals surface area contributed by atoms with Gasteiger partial charge in [0.15, 0.2) is 0 Å². The van der Waals surface area contributed by atoms with Crippen molar-refractivity contribution in [2.24, 2.45) is 0 Å². The molecule has 1 N–H and O–H groups in total. The molecule has 4 nitrogen and oxygen atoms in total. The molecule has 0 atom stereocenters. The van der Waals surface area contributed by atoms with Gasteiger partial charge in [0.25, 0.3) is 5.91 Å². The molecule has 2 rings (SSSR count). The van der Waals surface area contributed by atoms with E-state index < -0.39 is 11.7 Å². The minimum absolute atomic E-state index is 0.129. The largest absolute Gasteiger partial charge is 0.495 e. The van der Waals surface area contributed by atoms with Gasteiger partial charge in [-0.05, 0) is 46.3 Å². The van der Waals surface area contributed by atoms with Gasteiger partial charge in [0.05, 0.1) is 18.2 Å². The summed E-state index contributed by atoms with van der Waals surface area (Å²) >= 11 is 3.19. The van der Waals surface area contributed by atoms with Gasteiger partial charge in [-0.25, -0.2) is 4.39 Å². The molecule has 0 heterocycles. The van der Waals surface area contributed by atoms with Crippen molar-refractivity contribution < 1.29 is 13.9 Å². The first-order chi connectivity index (χ1) is 10.1. The highest BCUT2D eigenvalue weighted by Crippen LogP contribution is 2.29. The molecule has 0 aliphatic carbocycles. The van der Waals surface area contributed by atoms with E-state index in [9.17, 15) is 9.18 Å². The molecule has 6 heteroatoms. The van der Waals surface area contributed by atoms with Gasteiger partial charge in [-0.1, -0.05) is 6.07 Å². The van der Waals surface area contributed by atoms with Crippen LogP contribution >= 0.6 is 15.9 Å². The average Bonchev–Trinajstić information content (AvgIpc) is 2.49. The number of para-hydroxylation sites is 1. The van der Waals surface area contributed by atoms with Crippen molar-refractivity contribution in [3.8, 4) is 11.8 Å². The van der Waals surface area contributed by atoms with E-state index in [4.69, 9.17) is 10.00 Å². The van der Waals surface area contributed by atoms with E-state index in [2.05, 4.69) is 21.2 Å². The number of nitrogens with one attached hydrogen (secondary N) is 1. The minimum Gasteiger partial charge on any atom is -0.495 e. The van der Waals surface area contributed by atoms with E-state index in [1.54, 1.807) is 18.2 Å². The van der Waals surface area contributed by atoms with Crippen molar-refractivity contribution in [3.63, 3.8) is 0 Å². The Kier molecular flexibility index (Phi) is 4.55. The van der Waals surface area contributed by atoms with Gasteiger partial charge in [-0.2, -0.15) is 5.26 Å². The summed E-state index contributed by atoms with van der Waals surface area (Å²) < 4.78 is 18.8. The summed E-state index contributed by atoms with van der Waals surface area (Å²) in [5, 5.41) is 11.7. The summed E-state index contributed by atoms with van der Waals surface area (Å²) in [6, 6.07) is 10.6. The number of hydrogen-bond acceptors (Lipinski definition) is 3. The van der Waals surface area contributed by atoms with Crippen LogP contribution in [0.2, 0.25) is 0 Å². The van der Waals surface area contributed by atoms with Crippen molar-refractivity contribution >= 4 is 27.5 Å². The third-order valence-electron chi connectivity index (χ3n) is 2.78. The zero-order chi connectivity index (χ0) is 15.4. The van der Waals surface area contributed by atoms with Crippen LogP contribution in [-0.2, 0) is 0 Å². The number of halogens is 2. The Hall–Kier alpha value is -2.39.